The van der Waals surface area contributed by atoms with Crippen molar-refractivity contribution in [2.24, 2.45) is 5.41 Å². The van der Waals surface area contributed by atoms with Crippen molar-refractivity contribution in [3.05, 3.63) is 34.6 Å². The Bertz CT molecular complexity index is 389. The van der Waals surface area contributed by atoms with Gasteiger partial charge in [-0.15, -0.1) is 11.6 Å². The van der Waals surface area contributed by atoms with Gasteiger partial charge >= 0.3 is 0 Å². The lowest BCUT2D eigenvalue weighted by Crippen LogP contribution is -2.33. The van der Waals surface area contributed by atoms with Gasteiger partial charge in [-0.25, -0.2) is 4.39 Å². The molecule has 0 amide bonds. The molecular formula is C13H15Cl2FO. The Morgan fingerprint density at radius 1 is 1.29 bits per heavy atom. The number of hydrogen-bond donors (Lipinski definition) is 0. The molecule has 0 saturated carbocycles. The second-order valence-electron chi connectivity index (χ2n) is 4.66. The van der Waals surface area contributed by atoms with E-state index >= 15 is 0 Å². The summed E-state index contributed by atoms with van der Waals surface area (Å²) in [5.41, 5.74) is 0.603. The molecule has 1 aromatic rings. The Morgan fingerprint density at radius 2 is 2.00 bits per heavy atom. The Labute approximate surface area is 111 Å². The van der Waals surface area contributed by atoms with Crippen LogP contribution in [0, 0.1) is 11.2 Å². The lowest BCUT2D eigenvalue weighted by molar-refractivity contribution is 0.0254. The van der Waals surface area contributed by atoms with Crippen LogP contribution in [0.5, 0.6) is 0 Å². The second-order valence-corrected chi connectivity index (χ2v) is 5.36. The molecule has 0 atom stereocenters. The molecule has 1 aliphatic heterocycles. The van der Waals surface area contributed by atoms with Crippen LogP contribution in [0.3, 0.4) is 0 Å². The molecule has 0 N–H and O–H groups in total. The maximum atomic E-state index is 13.7. The van der Waals surface area contributed by atoms with Crippen LogP contribution >= 0.6 is 23.2 Å². The third-order valence-corrected chi connectivity index (χ3v) is 4.21. The highest BCUT2D eigenvalue weighted by molar-refractivity contribution is 6.30. The van der Waals surface area contributed by atoms with Gasteiger partial charge in [0.1, 0.15) is 5.82 Å². The van der Waals surface area contributed by atoms with E-state index in [1.54, 1.807) is 12.1 Å². The first-order valence-corrected chi connectivity index (χ1v) is 6.64. The van der Waals surface area contributed by atoms with Crippen molar-refractivity contribution >= 4 is 23.2 Å². The van der Waals surface area contributed by atoms with Crippen molar-refractivity contribution in [2.75, 3.05) is 19.1 Å². The van der Waals surface area contributed by atoms with Gasteiger partial charge < -0.3 is 4.74 Å². The first kappa shape index (κ1) is 13.1. The normalized spacial score (nSPS) is 19.2. The zero-order valence-corrected chi connectivity index (χ0v) is 11.0. The van der Waals surface area contributed by atoms with E-state index in [1.165, 1.54) is 6.07 Å². The minimum absolute atomic E-state index is 0.0503. The summed E-state index contributed by atoms with van der Waals surface area (Å²) in [7, 11) is 0. The van der Waals surface area contributed by atoms with Crippen LogP contribution in [-0.2, 0) is 11.2 Å². The van der Waals surface area contributed by atoms with Crippen molar-refractivity contribution in [3.8, 4) is 0 Å². The van der Waals surface area contributed by atoms with Gasteiger partial charge in [-0.2, -0.15) is 0 Å². The quantitative estimate of drug-likeness (QED) is 0.757. The highest BCUT2D eigenvalue weighted by Crippen LogP contribution is 2.36. The fraction of sp³-hybridized carbons (Fsp3) is 0.538. The fourth-order valence-electron chi connectivity index (χ4n) is 2.24. The summed E-state index contributed by atoms with van der Waals surface area (Å²) in [5.74, 6) is 0.327. The SMILES string of the molecule is Fc1ccc(Cl)cc1CC1(CCl)CCOCC1. The van der Waals surface area contributed by atoms with Gasteiger partial charge in [-0.1, -0.05) is 11.6 Å². The maximum Gasteiger partial charge on any atom is 0.126 e. The van der Waals surface area contributed by atoms with E-state index < -0.39 is 0 Å². The fourth-order valence-corrected chi connectivity index (χ4v) is 2.80. The van der Waals surface area contributed by atoms with Crippen molar-refractivity contribution in [3.63, 3.8) is 0 Å². The average Bonchev–Trinajstić information content (AvgIpc) is 2.35. The van der Waals surface area contributed by atoms with E-state index in [4.69, 9.17) is 27.9 Å². The molecule has 0 aliphatic carbocycles. The van der Waals surface area contributed by atoms with E-state index in [0.29, 0.717) is 36.1 Å². The number of rotatable bonds is 3. The van der Waals surface area contributed by atoms with Crippen LogP contribution in [0.25, 0.3) is 0 Å². The topological polar surface area (TPSA) is 9.23 Å². The zero-order chi connectivity index (χ0) is 12.3. The molecule has 0 unspecified atom stereocenters. The molecule has 0 radical (unpaired) electrons. The van der Waals surface area contributed by atoms with E-state index in [0.717, 1.165) is 12.8 Å². The number of benzene rings is 1. The van der Waals surface area contributed by atoms with Gasteiger partial charge in [0.05, 0.1) is 0 Å². The number of alkyl halides is 1. The van der Waals surface area contributed by atoms with Crippen molar-refractivity contribution < 1.29 is 9.13 Å². The van der Waals surface area contributed by atoms with Crippen LogP contribution in [0.1, 0.15) is 18.4 Å². The summed E-state index contributed by atoms with van der Waals surface area (Å²) in [6, 6.07) is 4.68. The highest BCUT2D eigenvalue weighted by atomic mass is 35.5. The second kappa shape index (κ2) is 5.55. The molecule has 1 nitrogen and oxygen atoms in total. The predicted molar refractivity (Wildman–Crippen MR) is 68.3 cm³/mol. The molecule has 4 heteroatoms. The molecule has 94 valence electrons. The molecule has 1 fully saturated rings. The zero-order valence-electron chi connectivity index (χ0n) is 9.52. The first-order chi connectivity index (χ1) is 8.15. The molecule has 0 bridgehead atoms. The summed E-state index contributed by atoms with van der Waals surface area (Å²) in [4.78, 5) is 0. The lowest BCUT2D eigenvalue weighted by atomic mass is 9.77. The maximum absolute atomic E-state index is 13.7. The van der Waals surface area contributed by atoms with Crippen LogP contribution < -0.4 is 0 Å². The minimum Gasteiger partial charge on any atom is -0.381 e. The van der Waals surface area contributed by atoms with Crippen molar-refractivity contribution in [2.45, 2.75) is 19.3 Å². The first-order valence-electron chi connectivity index (χ1n) is 5.73. The average molecular weight is 277 g/mol. The summed E-state index contributed by atoms with van der Waals surface area (Å²) >= 11 is 12.0. The summed E-state index contributed by atoms with van der Waals surface area (Å²) in [5, 5.41) is 0.568. The Balaban J connectivity index is 2.20. The predicted octanol–water partition coefficient (Wildman–Crippen LogP) is 4.06. The van der Waals surface area contributed by atoms with Crippen LogP contribution in [0.15, 0.2) is 18.2 Å². The Morgan fingerprint density at radius 3 is 2.65 bits per heavy atom. The molecule has 1 aromatic carbocycles. The monoisotopic (exact) mass is 276 g/mol. The van der Waals surface area contributed by atoms with E-state index in [9.17, 15) is 4.39 Å². The standard InChI is InChI=1S/C13H15Cl2FO/c14-9-13(3-5-17-6-4-13)8-10-7-11(15)1-2-12(10)16/h1-2,7H,3-6,8-9H2. The molecule has 1 heterocycles. The third kappa shape index (κ3) is 3.12. The molecule has 2 rings (SSSR count). The molecule has 1 aliphatic rings. The van der Waals surface area contributed by atoms with Crippen molar-refractivity contribution in [1.82, 2.24) is 0 Å². The Kier molecular flexibility index (Phi) is 4.29. The largest absolute Gasteiger partial charge is 0.381 e. The molecular weight excluding hydrogens is 262 g/mol. The summed E-state index contributed by atoms with van der Waals surface area (Å²) < 4.78 is 19.0. The van der Waals surface area contributed by atoms with Gasteiger partial charge in [0.2, 0.25) is 0 Å². The van der Waals surface area contributed by atoms with Gasteiger partial charge in [-0.3, -0.25) is 0 Å². The van der Waals surface area contributed by atoms with Gasteiger partial charge in [0.25, 0.3) is 0 Å². The van der Waals surface area contributed by atoms with Crippen LogP contribution in [-0.4, -0.2) is 19.1 Å². The number of hydrogen-bond acceptors (Lipinski definition) is 1. The Hall–Kier alpha value is -0.310. The smallest absolute Gasteiger partial charge is 0.126 e. The van der Waals surface area contributed by atoms with Gasteiger partial charge in [0, 0.05) is 24.1 Å². The lowest BCUT2D eigenvalue weighted by Gasteiger charge is -2.35. The van der Waals surface area contributed by atoms with E-state index in [2.05, 4.69) is 0 Å². The molecule has 1 saturated heterocycles. The van der Waals surface area contributed by atoms with Crippen LogP contribution in [0.2, 0.25) is 5.02 Å². The van der Waals surface area contributed by atoms with E-state index in [1.807, 2.05) is 0 Å². The van der Waals surface area contributed by atoms with Crippen molar-refractivity contribution in [1.29, 1.82) is 0 Å². The summed E-state index contributed by atoms with van der Waals surface area (Å²) in [6.45, 7) is 1.41. The van der Waals surface area contributed by atoms with Crippen LogP contribution in [0.4, 0.5) is 4.39 Å². The van der Waals surface area contributed by atoms with Gasteiger partial charge in [-0.05, 0) is 48.4 Å². The molecule has 0 aromatic heterocycles. The van der Waals surface area contributed by atoms with E-state index in [-0.39, 0.29) is 11.2 Å². The minimum atomic E-state index is -0.203. The van der Waals surface area contributed by atoms with Gasteiger partial charge in [0.15, 0.2) is 0 Å². The molecule has 17 heavy (non-hydrogen) atoms. The summed E-state index contributed by atoms with van der Waals surface area (Å²) in [6.07, 6.45) is 2.39. The highest BCUT2D eigenvalue weighted by Gasteiger charge is 2.32. The molecule has 0 spiro atoms. The number of halogens is 3. The third-order valence-electron chi connectivity index (χ3n) is 3.41. The number of ether oxygens (including phenoxy) is 1.